The van der Waals surface area contributed by atoms with Gasteiger partial charge in [-0.25, -0.2) is 0 Å². The van der Waals surface area contributed by atoms with E-state index >= 15 is 0 Å². The number of benzene rings is 15. The Morgan fingerprint density at radius 2 is 0.530 bits per heavy atom. The molecule has 20 aromatic rings. The van der Waals surface area contributed by atoms with Crippen molar-refractivity contribution in [3.63, 3.8) is 0 Å². The highest BCUT2D eigenvalue weighted by Crippen LogP contribution is 2.43. The van der Waals surface area contributed by atoms with Crippen LogP contribution in [0, 0.1) is 34.6 Å². The predicted molar refractivity (Wildman–Crippen MR) is 436 cm³/mol. The fraction of sp³-hybridized carbons (Fsp3) is 0.0526. The zero-order chi connectivity index (χ0) is 67.6. The molecule has 5 aromatic heterocycles. The van der Waals surface area contributed by atoms with Crippen LogP contribution in [-0.2, 0) is 0 Å². The largest absolute Gasteiger partial charge is 0.456 e. The molecule has 480 valence electrons. The molecule has 2 nitrogen and oxygen atoms in total. The van der Waals surface area contributed by atoms with Gasteiger partial charge in [0.1, 0.15) is 22.3 Å². The molecule has 5 heterocycles. The van der Waals surface area contributed by atoms with E-state index in [2.05, 4.69) is 338 Å². The molecule has 0 saturated carbocycles. The minimum absolute atomic E-state index is 0.946. The van der Waals surface area contributed by atoms with Gasteiger partial charge in [-0.1, -0.05) is 295 Å². The highest BCUT2D eigenvalue weighted by molar-refractivity contribution is 7.27. The summed E-state index contributed by atoms with van der Waals surface area (Å²) in [4.78, 5) is 0. The van der Waals surface area contributed by atoms with Gasteiger partial charge >= 0.3 is 0 Å². The molecule has 0 radical (unpaired) electrons. The van der Waals surface area contributed by atoms with E-state index in [0.717, 1.165) is 22.3 Å². The van der Waals surface area contributed by atoms with Gasteiger partial charge in [0.25, 0.3) is 0 Å². The number of hydrogen-bond acceptors (Lipinski definition) is 5. The summed E-state index contributed by atoms with van der Waals surface area (Å²) in [5.74, 6) is 0. The van der Waals surface area contributed by atoms with Gasteiger partial charge in [0.15, 0.2) is 0 Å². The lowest BCUT2D eigenvalue weighted by Gasteiger charge is -2.05. The van der Waals surface area contributed by atoms with E-state index < -0.39 is 0 Å². The van der Waals surface area contributed by atoms with Crippen molar-refractivity contribution in [2.75, 3.05) is 0 Å². The van der Waals surface area contributed by atoms with E-state index in [1.54, 1.807) is 0 Å². The molecule has 5 heteroatoms. The topological polar surface area (TPSA) is 26.3 Å². The first-order valence-electron chi connectivity index (χ1n) is 34.0. The van der Waals surface area contributed by atoms with E-state index in [9.17, 15) is 0 Å². The first-order valence-corrected chi connectivity index (χ1v) is 36.4. The van der Waals surface area contributed by atoms with Crippen LogP contribution in [0.4, 0.5) is 0 Å². The van der Waals surface area contributed by atoms with Crippen LogP contribution in [0.25, 0.3) is 160 Å². The number of aryl methyl sites for hydroxylation is 5. The quantitative estimate of drug-likeness (QED) is 0.172. The van der Waals surface area contributed by atoms with E-state index in [-0.39, 0.29) is 0 Å². The number of fused-ring (bicyclic) bond motifs is 15. The van der Waals surface area contributed by atoms with Gasteiger partial charge in [-0.05, 0) is 157 Å². The summed E-state index contributed by atoms with van der Waals surface area (Å²) >= 11 is 5.63. The molecule has 0 unspecified atom stereocenters. The Labute approximate surface area is 594 Å². The lowest BCUT2D eigenvalue weighted by Crippen LogP contribution is -1.80. The second-order valence-corrected chi connectivity index (χ2v) is 29.0. The van der Waals surface area contributed by atoms with Crippen LogP contribution >= 0.6 is 34.0 Å². The first-order chi connectivity index (χ1) is 49.1. The SMILES string of the molecule is Cc1ccc(-c2ccc3oc4ccccc4c3c2)cc1.Cc1ccc(-c2ccc3sc4ccccc4c3c2)cc1.Cc1ccc(-c2cccc3c2sc2ccccc23)cc1.Cc1ccc(-c2cccc3oc4ccccc4c23)cc1.Cc1ccc(-c2cccc3sc4ccccc4c23)cc1. The molecule has 15 aromatic carbocycles. The third-order valence-corrected chi connectivity index (χ3v) is 22.3. The van der Waals surface area contributed by atoms with Gasteiger partial charge in [0.2, 0.25) is 0 Å². The molecule has 20 rings (SSSR count). The van der Waals surface area contributed by atoms with Crippen LogP contribution in [0.15, 0.2) is 342 Å². The van der Waals surface area contributed by atoms with E-state index in [1.807, 2.05) is 64.3 Å². The monoisotopic (exact) mass is 1340 g/mol. The second-order valence-electron chi connectivity index (χ2n) is 25.8. The van der Waals surface area contributed by atoms with Gasteiger partial charge in [0.05, 0.1) is 0 Å². The summed E-state index contributed by atoms with van der Waals surface area (Å²) in [6.07, 6.45) is 0. The number of thiophene rings is 3. The summed E-state index contributed by atoms with van der Waals surface area (Å²) < 4.78 is 20.0. The van der Waals surface area contributed by atoms with Crippen molar-refractivity contribution in [3.05, 3.63) is 361 Å². The predicted octanol–water partition coefficient (Wildman–Crippen LogP) is 29.2. The van der Waals surface area contributed by atoms with Crippen LogP contribution in [0.5, 0.6) is 0 Å². The smallest absolute Gasteiger partial charge is 0.136 e. The molecular weight excluding hydrogens is 1270 g/mol. The second kappa shape index (κ2) is 27.8. The summed E-state index contributed by atoms with van der Waals surface area (Å²) in [5, 5.41) is 12.9. The third kappa shape index (κ3) is 12.9. The van der Waals surface area contributed by atoms with Crippen molar-refractivity contribution >= 4 is 138 Å². The highest BCUT2D eigenvalue weighted by Gasteiger charge is 2.15. The minimum atomic E-state index is 0.946. The molecule has 0 fully saturated rings. The summed E-state index contributed by atoms with van der Waals surface area (Å²) in [6, 6.07) is 119. The fourth-order valence-electron chi connectivity index (χ4n) is 13.5. The van der Waals surface area contributed by atoms with Crippen LogP contribution in [-0.4, -0.2) is 0 Å². The van der Waals surface area contributed by atoms with Crippen molar-refractivity contribution in [1.82, 2.24) is 0 Å². The Hall–Kier alpha value is -11.4. The average molecular weight is 1340 g/mol. The molecule has 0 spiro atoms. The number of furan rings is 2. The van der Waals surface area contributed by atoms with E-state index in [4.69, 9.17) is 8.83 Å². The summed E-state index contributed by atoms with van der Waals surface area (Å²) in [6.45, 7) is 10.6. The molecule has 0 atom stereocenters. The third-order valence-electron chi connectivity index (χ3n) is 18.8. The van der Waals surface area contributed by atoms with Crippen molar-refractivity contribution < 1.29 is 8.83 Å². The first kappa shape index (κ1) is 63.3. The van der Waals surface area contributed by atoms with Crippen LogP contribution in [0.3, 0.4) is 0 Å². The van der Waals surface area contributed by atoms with Crippen LogP contribution < -0.4 is 0 Å². The molecule has 0 aliphatic rings. The summed E-state index contributed by atoms with van der Waals surface area (Å²) in [5.41, 5.74) is 23.0. The van der Waals surface area contributed by atoms with E-state index in [0.29, 0.717) is 0 Å². The van der Waals surface area contributed by atoms with Gasteiger partial charge in [-0.15, -0.1) is 34.0 Å². The molecule has 0 aliphatic carbocycles. The van der Waals surface area contributed by atoms with Crippen molar-refractivity contribution in [1.29, 1.82) is 0 Å². The van der Waals surface area contributed by atoms with Gasteiger partial charge in [-0.3, -0.25) is 0 Å². The average Bonchev–Trinajstić information content (AvgIpc) is 1.64. The molecule has 0 aliphatic heterocycles. The lowest BCUT2D eigenvalue weighted by molar-refractivity contribution is 0.668. The maximum absolute atomic E-state index is 5.94. The zero-order valence-corrected chi connectivity index (χ0v) is 58.7. The van der Waals surface area contributed by atoms with Gasteiger partial charge < -0.3 is 8.83 Å². The van der Waals surface area contributed by atoms with Gasteiger partial charge in [-0.2, -0.15) is 0 Å². The molecule has 100 heavy (non-hydrogen) atoms. The van der Waals surface area contributed by atoms with Crippen molar-refractivity contribution in [2.45, 2.75) is 34.6 Å². The number of hydrogen-bond donors (Lipinski definition) is 0. The lowest BCUT2D eigenvalue weighted by atomic mass is 9.99. The Morgan fingerprint density at radius 1 is 0.190 bits per heavy atom. The zero-order valence-electron chi connectivity index (χ0n) is 56.3. The van der Waals surface area contributed by atoms with Crippen LogP contribution in [0.1, 0.15) is 27.8 Å². The molecule has 0 amide bonds. The summed E-state index contributed by atoms with van der Waals surface area (Å²) in [7, 11) is 0. The Bertz CT molecular complexity index is 5960. The maximum Gasteiger partial charge on any atom is 0.136 e. The minimum Gasteiger partial charge on any atom is -0.456 e. The molecular formula is C95H70O2S3. The number of para-hydroxylation sites is 2. The Morgan fingerprint density at radius 3 is 1.12 bits per heavy atom. The van der Waals surface area contributed by atoms with E-state index in [1.165, 1.54) is 166 Å². The van der Waals surface area contributed by atoms with Crippen molar-refractivity contribution in [2.24, 2.45) is 0 Å². The van der Waals surface area contributed by atoms with Crippen molar-refractivity contribution in [3.8, 4) is 55.6 Å². The maximum atomic E-state index is 5.94. The Kier molecular flexibility index (Phi) is 17.6. The Balaban J connectivity index is 0.0000000972. The number of rotatable bonds is 5. The molecule has 0 N–H and O–H groups in total. The fourth-order valence-corrected chi connectivity index (χ4v) is 17.0. The molecule has 0 bridgehead atoms. The standard InChI is InChI=1S/2C19H14O.3C19H14S/c1-13-9-11-14(12-10-13)15-6-4-8-18-19(15)16-5-2-3-7-17(16)20-18;1-13-6-8-14(9-7-13)15-10-11-19-17(12-15)16-4-2-3-5-18(16)20-19;1-13-9-11-14(12-10-13)15-6-4-7-17-16-5-2-3-8-18(16)20-19(15)17;1-13-9-11-14(12-10-13)15-6-4-8-18-19(15)16-5-2-3-7-17(16)20-18;1-13-6-8-14(9-7-13)15-10-11-19-17(12-15)16-4-2-3-5-18(16)20-19/h5*2-12H,1H3. The highest BCUT2D eigenvalue weighted by atomic mass is 32.1. The molecule has 0 saturated heterocycles. The normalized spacial score (nSPS) is 11.2. The van der Waals surface area contributed by atoms with Crippen LogP contribution in [0.2, 0.25) is 0 Å². The van der Waals surface area contributed by atoms with Gasteiger partial charge in [0, 0.05) is 82.1 Å².